The molecule has 0 amide bonds. The summed E-state index contributed by atoms with van der Waals surface area (Å²) in [6, 6.07) is 10.9. The van der Waals surface area contributed by atoms with Gasteiger partial charge in [-0.15, -0.1) is 0 Å². The molecule has 1 saturated heterocycles. The summed E-state index contributed by atoms with van der Waals surface area (Å²) in [7, 11) is 0. The first-order valence-corrected chi connectivity index (χ1v) is 9.06. The van der Waals surface area contributed by atoms with Crippen LogP contribution in [0.15, 0.2) is 53.2 Å². The van der Waals surface area contributed by atoms with E-state index in [4.69, 9.17) is 4.42 Å². The second-order valence-corrected chi connectivity index (χ2v) is 6.83. The predicted octanol–water partition coefficient (Wildman–Crippen LogP) is 4.08. The molecule has 4 rings (SSSR count). The molecule has 0 saturated carbocycles. The van der Waals surface area contributed by atoms with Gasteiger partial charge in [0.1, 0.15) is 11.5 Å². The number of likely N-dealkylation sites (tertiary alicyclic amines) is 1. The standard InChI is InChI=1S/C21H21N3O3/c1-14-11-22-12-18(23-14)19-7-4-10-24(19)13-15-8-9-20(27-15)16-5-2-3-6-17(16)21(25)26/h2-3,5-6,8-9,11-12,19H,4,7,10,13H2,1H3,(H,25,26)/t19-/m1/s1. The quantitative estimate of drug-likeness (QED) is 0.736. The molecule has 0 spiro atoms. The lowest BCUT2D eigenvalue weighted by molar-refractivity contribution is 0.0697. The molecule has 0 unspecified atom stereocenters. The number of hydrogen-bond acceptors (Lipinski definition) is 5. The van der Waals surface area contributed by atoms with Crippen LogP contribution in [0.25, 0.3) is 11.3 Å². The largest absolute Gasteiger partial charge is 0.478 e. The minimum absolute atomic E-state index is 0.234. The third-order valence-corrected chi connectivity index (χ3v) is 4.92. The summed E-state index contributed by atoms with van der Waals surface area (Å²) >= 11 is 0. The summed E-state index contributed by atoms with van der Waals surface area (Å²) in [4.78, 5) is 22.7. The molecule has 6 heteroatoms. The number of carboxylic acid groups (broad SMARTS) is 1. The van der Waals surface area contributed by atoms with Crippen LogP contribution in [0.4, 0.5) is 0 Å². The Balaban J connectivity index is 1.55. The van der Waals surface area contributed by atoms with Crippen molar-refractivity contribution in [1.29, 1.82) is 0 Å². The molecular formula is C21H21N3O3. The highest BCUT2D eigenvalue weighted by molar-refractivity contribution is 5.95. The monoisotopic (exact) mass is 363 g/mol. The van der Waals surface area contributed by atoms with E-state index in [2.05, 4.69) is 14.9 Å². The highest BCUT2D eigenvalue weighted by Crippen LogP contribution is 2.33. The molecule has 1 fully saturated rings. The molecule has 0 aliphatic carbocycles. The van der Waals surface area contributed by atoms with Gasteiger partial charge in [-0.1, -0.05) is 18.2 Å². The Hall–Kier alpha value is -2.99. The van der Waals surface area contributed by atoms with Gasteiger partial charge in [-0.2, -0.15) is 0 Å². The lowest BCUT2D eigenvalue weighted by Crippen LogP contribution is -2.23. The van der Waals surface area contributed by atoms with Crippen molar-refractivity contribution < 1.29 is 14.3 Å². The van der Waals surface area contributed by atoms with Gasteiger partial charge in [0.15, 0.2) is 0 Å². The van der Waals surface area contributed by atoms with Crippen LogP contribution in [-0.4, -0.2) is 32.5 Å². The number of benzene rings is 1. The molecule has 3 heterocycles. The molecule has 1 aliphatic heterocycles. The summed E-state index contributed by atoms with van der Waals surface area (Å²) in [6.07, 6.45) is 5.76. The van der Waals surface area contributed by atoms with Gasteiger partial charge in [-0.3, -0.25) is 14.9 Å². The van der Waals surface area contributed by atoms with Crippen molar-refractivity contribution in [3.63, 3.8) is 0 Å². The van der Waals surface area contributed by atoms with Gasteiger partial charge in [0.2, 0.25) is 0 Å². The van der Waals surface area contributed by atoms with Crippen molar-refractivity contribution in [3.8, 4) is 11.3 Å². The maximum Gasteiger partial charge on any atom is 0.336 e. The van der Waals surface area contributed by atoms with Crippen LogP contribution >= 0.6 is 0 Å². The van der Waals surface area contributed by atoms with Crippen molar-refractivity contribution in [3.05, 3.63) is 71.5 Å². The Morgan fingerprint density at radius 3 is 2.93 bits per heavy atom. The van der Waals surface area contributed by atoms with E-state index in [-0.39, 0.29) is 11.6 Å². The van der Waals surface area contributed by atoms with Crippen LogP contribution in [0, 0.1) is 6.92 Å². The fraction of sp³-hybridized carbons (Fsp3) is 0.286. The van der Waals surface area contributed by atoms with E-state index < -0.39 is 5.97 Å². The third-order valence-electron chi connectivity index (χ3n) is 4.92. The Labute approximate surface area is 157 Å². The van der Waals surface area contributed by atoms with Crippen molar-refractivity contribution >= 4 is 5.97 Å². The van der Waals surface area contributed by atoms with Crippen LogP contribution in [-0.2, 0) is 6.54 Å². The molecule has 1 aliphatic rings. The molecule has 27 heavy (non-hydrogen) atoms. The van der Waals surface area contributed by atoms with Crippen LogP contribution in [0.2, 0.25) is 0 Å². The molecule has 0 bridgehead atoms. The number of aryl methyl sites for hydroxylation is 1. The summed E-state index contributed by atoms with van der Waals surface area (Å²) < 4.78 is 5.99. The third kappa shape index (κ3) is 3.61. The van der Waals surface area contributed by atoms with Crippen LogP contribution < -0.4 is 0 Å². The van der Waals surface area contributed by atoms with Crippen LogP contribution in [0.3, 0.4) is 0 Å². The SMILES string of the molecule is Cc1cncc([C@H]2CCCN2Cc2ccc(-c3ccccc3C(=O)O)o2)n1. The number of aromatic nitrogens is 2. The van der Waals surface area contributed by atoms with E-state index in [0.717, 1.165) is 36.5 Å². The van der Waals surface area contributed by atoms with Crippen molar-refractivity contribution in [2.75, 3.05) is 6.54 Å². The number of carbonyl (C=O) groups is 1. The summed E-state index contributed by atoms with van der Waals surface area (Å²) in [5.74, 6) is 0.438. The Morgan fingerprint density at radius 1 is 1.26 bits per heavy atom. The molecule has 138 valence electrons. The fourth-order valence-corrected chi connectivity index (χ4v) is 3.69. The fourth-order valence-electron chi connectivity index (χ4n) is 3.69. The molecular weight excluding hydrogens is 342 g/mol. The average molecular weight is 363 g/mol. The topological polar surface area (TPSA) is 79.5 Å². The second-order valence-electron chi connectivity index (χ2n) is 6.83. The van der Waals surface area contributed by atoms with Gasteiger partial charge >= 0.3 is 5.97 Å². The van der Waals surface area contributed by atoms with E-state index in [1.807, 2.05) is 31.3 Å². The average Bonchev–Trinajstić information content (AvgIpc) is 3.32. The molecule has 1 aromatic carbocycles. The van der Waals surface area contributed by atoms with E-state index in [1.165, 1.54) is 0 Å². The van der Waals surface area contributed by atoms with E-state index >= 15 is 0 Å². The van der Waals surface area contributed by atoms with Gasteiger partial charge in [-0.25, -0.2) is 4.79 Å². The lowest BCUT2D eigenvalue weighted by atomic mass is 10.1. The number of hydrogen-bond donors (Lipinski definition) is 1. The normalized spacial score (nSPS) is 17.3. The van der Waals surface area contributed by atoms with Crippen molar-refractivity contribution in [1.82, 2.24) is 14.9 Å². The zero-order valence-corrected chi connectivity index (χ0v) is 15.1. The van der Waals surface area contributed by atoms with Crippen LogP contribution in [0.1, 0.15) is 46.4 Å². The van der Waals surface area contributed by atoms with Gasteiger partial charge < -0.3 is 9.52 Å². The van der Waals surface area contributed by atoms with Gasteiger partial charge in [0, 0.05) is 18.0 Å². The molecule has 1 atom stereocenters. The zero-order chi connectivity index (χ0) is 18.8. The Bertz CT molecular complexity index is 967. The lowest BCUT2D eigenvalue weighted by Gasteiger charge is -2.22. The van der Waals surface area contributed by atoms with E-state index in [0.29, 0.717) is 17.9 Å². The van der Waals surface area contributed by atoms with Crippen LogP contribution in [0.5, 0.6) is 0 Å². The predicted molar refractivity (Wildman–Crippen MR) is 100 cm³/mol. The minimum atomic E-state index is -0.957. The summed E-state index contributed by atoms with van der Waals surface area (Å²) in [5.41, 5.74) is 2.76. The highest BCUT2D eigenvalue weighted by Gasteiger charge is 2.28. The smallest absolute Gasteiger partial charge is 0.336 e. The summed E-state index contributed by atoms with van der Waals surface area (Å²) in [6.45, 7) is 3.59. The maximum atomic E-state index is 11.4. The number of nitrogens with zero attached hydrogens (tertiary/aromatic N) is 3. The van der Waals surface area contributed by atoms with Gasteiger partial charge in [-0.05, 0) is 44.5 Å². The molecule has 3 aromatic rings. The van der Waals surface area contributed by atoms with Gasteiger partial charge in [0.25, 0.3) is 0 Å². The van der Waals surface area contributed by atoms with Crippen molar-refractivity contribution in [2.45, 2.75) is 32.4 Å². The van der Waals surface area contributed by atoms with Gasteiger partial charge in [0.05, 0.1) is 29.5 Å². The number of aromatic carboxylic acids is 1. The first-order valence-electron chi connectivity index (χ1n) is 9.06. The number of rotatable bonds is 5. The molecule has 2 aromatic heterocycles. The number of furan rings is 1. The Morgan fingerprint density at radius 2 is 2.11 bits per heavy atom. The van der Waals surface area contributed by atoms with Crippen molar-refractivity contribution in [2.24, 2.45) is 0 Å². The summed E-state index contributed by atoms with van der Waals surface area (Å²) in [5, 5.41) is 9.38. The number of carboxylic acids is 1. The Kier molecular flexibility index (Phi) is 4.73. The van der Waals surface area contributed by atoms with E-state index in [1.54, 1.807) is 24.4 Å². The molecule has 0 radical (unpaired) electrons. The zero-order valence-electron chi connectivity index (χ0n) is 15.1. The molecule has 1 N–H and O–H groups in total. The first-order chi connectivity index (χ1) is 13.1. The first kappa shape index (κ1) is 17.4. The second kappa shape index (κ2) is 7.32. The van der Waals surface area contributed by atoms with E-state index in [9.17, 15) is 9.90 Å². The highest BCUT2D eigenvalue weighted by atomic mass is 16.4. The minimum Gasteiger partial charge on any atom is -0.478 e. The molecule has 6 nitrogen and oxygen atoms in total. The maximum absolute atomic E-state index is 11.4.